The topological polar surface area (TPSA) is 49.3 Å². The third-order valence-corrected chi connectivity index (χ3v) is 1.71. The van der Waals surface area contributed by atoms with Crippen LogP contribution in [0.5, 0.6) is 0 Å². The van der Waals surface area contributed by atoms with E-state index in [9.17, 15) is 4.79 Å². The predicted molar refractivity (Wildman–Crippen MR) is 44.6 cm³/mol. The molecule has 0 aliphatic rings. The van der Waals surface area contributed by atoms with Gasteiger partial charge in [0.25, 0.3) is 0 Å². The van der Waals surface area contributed by atoms with Gasteiger partial charge in [-0.15, -0.1) is 11.6 Å². The molecule has 0 unspecified atom stereocenters. The van der Waals surface area contributed by atoms with Crippen molar-refractivity contribution in [2.24, 2.45) is 5.92 Å². The highest BCUT2D eigenvalue weighted by molar-refractivity contribution is 6.27. The van der Waals surface area contributed by atoms with Gasteiger partial charge in [-0.2, -0.15) is 0 Å². The normalized spacial score (nSPS) is 13.2. The van der Waals surface area contributed by atoms with Gasteiger partial charge in [-0.25, -0.2) is 0 Å². The van der Waals surface area contributed by atoms with Gasteiger partial charge in [0, 0.05) is 0 Å². The van der Waals surface area contributed by atoms with E-state index in [0.717, 1.165) is 0 Å². The fourth-order valence-electron chi connectivity index (χ4n) is 0.668. The number of nitrogens with one attached hydrogen (secondary N) is 1. The lowest BCUT2D eigenvalue weighted by Crippen LogP contribution is -2.41. The highest BCUT2D eigenvalue weighted by Crippen LogP contribution is 1.99. The van der Waals surface area contributed by atoms with Crippen LogP contribution >= 0.6 is 11.6 Å². The Kier molecular flexibility index (Phi) is 5.24. The van der Waals surface area contributed by atoms with Crippen molar-refractivity contribution in [3.05, 3.63) is 0 Å². The van der Waals surface area contributed by atoms with Gasteiger partial charge in [-0.3, -0.25) is 4.79 Å². The number of carbonyl (C=O) groups excluding carboxylic acids is 1. The van der Waals surface area contributed by atoms with Crippen molar-refractivity contribution in [1.29, 1.82) is 0 Å². The smallest absolute Gasteiger partial charge is 0.235 e. The molecular formula is C7H14ClNO2. The van der Waals surface area contributed by atoms with Gasteiger partial charge in [0.2, 0.25) is 5.91 Å². The molecule has 0 aromatic carbocycles. The van der Waals surface area contributed by atoms with Crippen molar-refractivity contribution in [2.75, 3.05) is 12.5 Å². The zero-order valence-electron chi connectivity index (χ0n) is 6.80. The van der Waals surface area contributed by atoms with E-state index in [-0.39, 0.29) is 30.4 Å². The van der Waals surface area contributed by atoms with Crippen LogP contribution in [0.1, 0.15) is 13.8 Å². The minimum absolute atomic E-state index is 0.0414. The number of hydrogen-bond acceptors (Lipinski definition) is 2. The second-order valence-electron chi connectivity index (χ2n) is 2.73. The van der Waals surface area contributed by atoms with E-state index in [0.29, 0.717) is 0 Å². The minimum atomic E-state index is -0.237. The third kappa shape index (κ3) is 4.22. The molecular weight excluding hydrogens is 166 g/mol. The molecule has 2 N–H and O–H groups in total. The Morgan fingerprint density at radius 2 is 2.18 bits per heavy atom. The van der Waals surface area contributed by atoms with E-state index < -0.39 is 0 Å². The van der Waals surface area contributed by atoms with Gasteiger partial charge >= 0.3 is 0 Å². The molecule has 0 rings (SSSR count). The third-order valence-electron chi connectivity index (χ3n) is 1.47. The van der Waals surface area contributed by atoms with Crippen molar-refractivity contribution in [2.45, 2.75) is 19.9 Å². The second kappa shape index (κ2) is 5.38. The Labute approximate surface area is 71.7 Å². The van der Waals surface area contributed by atoms with E-state index >= 15 is 0 Å². The van der Waals surface area contributed by atoms with E-state index in [4.69, 9.17) is 16.7 Å². The number of carbonyl (C=O) groups is 1. The molecule has 3 nitrogen and oxygen atoms in total. The molecule has 0 saturated carbocycles. The summed E-state index contributed by atoms with van der Waals surface area (Å²) in [6.45, 7) is 3.81. The Morgan fingerprint density at radius 3 is 2.45 bits per heavy atom. The Hall–Kier alpha value is -0.280. The maximum absolute atomic E-state index is 10.7. The van der Waals surface area contributed by atoms with Gasteiger partial charge in [0.15, 0.2) is 0 Å². The zero-order chi connectivity index (χ0) is 8.85. The quantitative estimate of drug-likeness (QED) is 0.613. The number of halogens is 1. The molecule has 1 amide bonds. The van der Waals surface area contributed by atoms with Gasteiger partial charge < -0.3 is 10.4 Å². The van der Waals surface area contributed by atoms with Crippen LogP contribution in [0.25, 0.3) is 0 Å². The lowest BCUT2D eigenvalue weighted by Gasteiger charge is -2.18. The van der Waals surface area contributed by atoms with Crippen LogP contribution in [0.3, 0.4) is 0 Å². The monoisotopic (exact) mass is 179 g/mol. The first-order valence-electron chi connectivity index (χ1n) is 3.58. The molecule has 0 bridgehead atoms. The van der Waals surface area contributed by atoms with Crippen LogP contribution < -0.4 is 5.32 Å². The molecule has 0 aromatic rings. The van der Waals surface area contributed by atoms with E-state index in [2.05, 4.69) is 5.32 Å². The van der Waals surface area contributed by atoms with E-state index in [1.807, 2.05) is 13.8 Å². The molecule has 0 radical (unpaired) electrons. The summed E-state index contributed by atoms with van der Waals surface area (Å²) in [4.78, 5) is 10.7. The molecule has 0 aliphatic heterocycles. The summed E-state index contributed by atoms with van der Waals surface area (Å²) in [5, 5.41) is 11.4. The number of aliphatic hydroxyl groups excluding tert-OH is 1. The number of alkyl halides is 1. The molecule has 0 aliphatic carbocycles. The number of amides is 1. The first-order chi connectivity index (χ1) is 5.11. The Balaban J connectivity index is 3.78. The lowest BCUT2D eigenvalue weighted by atomic mass is 10.1. The van der Waals surface area contributed by atoms with Gasteiger partial charge in [0.05, 0.1) is 12.6 Å². The van der Waals surface area contributed by atoms with Crippen LogP contribution in [0, 0.1) is 5.92 Å². The summed E-state index contributed by atoms with van der Waals surface area (Å²) >= 11 is 5.26. The second-order valence-corrected chi connectivity index (χ2v) is 3.00. The summed E-state index contributed by atoms with van der Waals surface area (Å²) in [5.74, 6) is -0.0602. The van der Waals surface area contributed by atoms with Gasteiger partial charge in [-0.05, 0) is 5.92 Å². The SMILES string of the molecule is CC(C)[C@H](CO)NC(=O)CCl. The van der Waals surface area contributed by atoms with Gasteiger partial charge in [0.1, 0.15) is 5.88 Å². The van der Waals surface area contributed by atoms with Crippen LogP contribution in [-0.4, -0.2) is 29.5 Å². The minimum Gasteiger partial charge on any atom is -0.394 e. The Bertz CT molecular complexity index is 128. The van der Waals surface area contributed by atoms with Crippen molar-refractivity contribution < 1.29 is 9.90 Å². The van der Waals surface area contributed by atoms with Crippen LogP contribution in [-0.2, 0) is 4.79 Å². The number of rotatable bonds is 4. The molecule has 0 saturated heterocycles. The Morgan fingerprint density at radius 1 is 1.64 bits per heavy atom. The van der Waals surface area contributed by atoms with E-state index in [1.165, 1.54) is 0 Å². The average Bonchev–Trinajstić information content (AvgIpc) is 1.99. The molecule has 4 heteroatoms. The van der Waals surface area contributed by atoms with Crippen molar-refractivity contribution in [3.63, 3.8) is 0 Å². The summed E-state index contributed by atoms with van der Waals surface area (Å²) in [6, 6.07) is -0.179. The largest absolute Gasteiger partial charge is 0.394 e. The lowest BCUT2D eigenvalue weighted by molar-refractivity contribution is -0.120. The summed E-state index contributed by atoms with van der Waals surface area (Å²) < 4.78 is 0. The zero-order valence-corrected chi connectivity index (χ0v) is 7.56. The maximum Gasteiger partial charge on any atom is 0.235 e. The van der Waals surface area contributed by atoms with Crippen LogP contribution in [0.4, 0.5) is 0 Å². The number of aliphatic hydroxyl groups is 1. The van der Waals surface area contributed by atoms with Gasteiger partial charge in [-0.1, -0.05) is 13.8 Å². The van der Waals surface area contributed by atoms with Crippen molar-refractivity contribution in [3.8, 4) is 0 Å². The fraction of sp³-hybridized carbons (Fsp3) is 0.857. The maximum atomic E-state index is 10.7. The standard InChI is InChI=1S/C7H14ClNO2/c1-5(2)6(4-10)9-7(11)3-8/h5-6,10H,3-4H2,1-2H3,(H,9,11)/t6-/m0/s1. The fourth-order valence-corrected chi connectivity index (χ4v) is 0.746. The molecule has 0 heterocycles. The molecule has 0 aromatic heterocycles. The molecule has 66 valence electrons. The molecule has 11 heavy (non-hydrogen) atoms. The number of hydrogen-bond donors (Lipinski definition) is 2. The molecule has 1 atom stereocenters. The van der Waals surface area contributed by atoms with E-state index in [1.54, 1.807) is 0 Å². The van der Waals surface area contributed by atoms with Crippen molar-refractivity contribution >= 4 is 17.5 Å². The van der Waals surface area contributed by atoms with Crippen LogP contribution in [0.2, 0.25) is 0 Å². The summed E-state index contributed by atoms with van der Waals surface area (Å²) in [5.41, 5.74) is 0. The van der Waals surface area contributed by atoms with Crippen LogP contribution in [0.15, 0.2) is 0 Å². The average molecular weight is 180 g/mol. The highest BCUT2D eigenvalue weighted by atomic mass is 35.5. The first kappa shape index (κ1) is 10.7. The van der Waals surface area contributed by atoms with Crippen molar-refractivity contribution in [1.82, 2.24) is 5.32 Å². The highest BCUT2D eigenvalue weighted by Gasteiger charge is 2.13. The molecule has 0 fully saturated rings. The molecule has 0 spiro atoms. The summed E-state index contributed by atoms with van der Waals surface area (Å²) in [6.07, 6.45) is 0. The first-order valence-corrected chi connectivity index (χ1v) is 4.11. The summed E-state index contributed by atoms with van der Waals surface area (Å²) in [7, 11) is 0. The predicted octanol–water partition coefficient (Wildman–Crippen LogP) is 0.358.